The highest BCUT2D eigenvalue weighted by atomic mass is 32.1. The molecule has 0 saturated heterocycles. The molecule has 1 atom stereocenters. The van der Waals surface area contributed by atoms with Crippen molar-refractivity contribution in [3.63, 3.8) is 0 Å². The van der Waals surface area contributed by atoms with Gasteiger partial charge in [-0.25, -0.2) is 0 Å². The molecule has 3 nitrogen and oxygen atoms in total. The van der Waals surface area contributed by atoms with Gasteiger partial charge in [0.1, 0.15) is 6.54 Å². The lowest BCUT2D eigenvalue weighted by atomic mass is 9.98. The van der Waals surface area contributed by atoms with E-state index in [0.717, 1.165) is 16.2 Å². The van der Waals surface area contributed by atoms with Crippen LogP contribution < -0.4 is 0 Å². The molecule has 0 fully saturated rings. The topological polar surface area (TPSA) is 23.6 Å². The number of hydrogen-bond donors (Lipinski definition) is 0. The second kappa shape index (κ2) is 6.85. The fourth-order valence-corrected chi connectivity index (χ4v) is 4.75. The monoisotopic (exact) mass is 374 g/mol. The lowest BCUT2D eigenvalue weighted by Gasteiger charge is -2.35. The maximum Gasteiger partial charge on any atom is 0.406 e. The van der Waals surface area contributed by atoms with E-state index in [2.05, 4.69) is 6.07 Å². The predicted octanol–water partition coefficient (Wildman–Crippen LogP) is 3.78. The highest BCUT2D eigenvalue weighted by molar-refractivity contribution is 7.10. The number of carbonyl (C=O) groups is 1. The third kappa shape index (κ3) is 3.81. The quantitative estimate of drug-likeness (QED) is 0.813. The van der Waals surface area contributed by atoms with Crippen LogP contribution in [0.4, 0.5) is 13.2 Å². The van der Waals surface area contributed by atoms with Gasteiger partial charge in [-0.1, -0.05) is 6.07 Å². The van der Waals surface area contributed by atoms with Crippen LogP contribution >= 0.6 is 22.7 Å². The number of thiophene rings is 2. The molecule has 2 aromatic heterocycles. The van der Waals surface area contributed by atoms with E-state index in [1.807, 2.05) is 27.8 Å². The Kier molecular flexibility index (Phi) is 4.98. The molecule has 130 valence electrons. The number of alkyl halides is 3. The number of rotatable bonds is 4. The smallest absolute Gasteiger partial charge is 0.336 e. The molecule has 3 heterocycles. The zero-order valence-electron chi connectivity index (χ0n) is 13.0. The van der Waals surface area contributed by atoms with Crippen molar-refractivity contribution in [3.8, 4) is 0 Å². The standard InChI is InChI=1S/C16H17F3N2OS2/c1-20(10-16(17,18)19)14(22)9-21-6-4-12-11(5-8-24-12)15(21)13-3-2-7-23-13/h2-3,5,7-8,15H,4,6,9-10H2,1H3. The number of fused-ring (bicyclic) bond motifs is 1. The largest absolute Gasteiger partial charge is 0.406 e. The first-order valence-electron chi connectivity index (χ1n) is 7.49. The van der Waals surface area contributed by atoms with E-state index < -0.39 is 18.6 Å². The molecule has 1 unspecified atom stereocenters. The zero-order valence-corrected chi connectivity index (χ0v) is 14.7. The Balaban J connectivity index is 1.78. The van der Waals surface area contributed by atoms with E-state index in [1.165, 1.54) is 17.5 Å². The van der Waals surface area contributed by atoms with E-state index in [4.69, 9.17) is 0 Å². The number of likely N-dealkylation sites (N-methyl/N-ethyl adjacent to an activating group) is 1. The van der Waals surface area contributed by atoms with Crippen LogP contribution in [0.2, 0.25) is 0 Å². The minimum atomic E-state index is -4.38. The maximum absolute atomic E-state index is 12.5. The van der Waals surface area contributed by atoms with Crippen molar-refractivity contribution < 1.29 is 18.0 Å². The van der Waals surface area contributed by atoms with Crippen LogP contribution in [0.3, 0.4) is 0 Å². The van der Waals surface area contributed by atoms with Gasteiger partial charge < -0.3 is 4.90 Å². The van der Waals surface area contributed by atoms with Crippen molar-refractivity contribution in [3.05, 3.63) is 44.3 Å². The van der Waals surface area contributed by atoms with E-state index >= 15 is 0 Å². The summed E-state index contributed by atoms with van der Waals surface area (Å²) in [7, 11) is 1.20. The molecule has 1 amide bonds. The minimum Gasteiger partial charge on any atom is -0.336 e. The van der Waals surface area contributed by atoms with E-state index in [1.54, 1.807) is 22.7 Å². The molecular weight excluding hydrogens is 357 g/mol. The molecule has 0 aliphatic carbocycles. The molecule has 1 aliphatic rings. The van der Waals surface area contributed by atoms with Gasteiger partial charge in [0, 0.05) is 23.3 Å². The van der Waals surface area contributed by atoms with Crippen LogP contribution in [0, 0.1) is 0 Å². The first-order chi connectivity index (χ1) is 11.3. The van der Waals surface area contributed by atoms with Crippen LogP contribution in [0.1, 0.15) is 21.4 Å². The SMILES string of the molecule is CN(CC(F)(F)F)C(=O)CN1CCc2sccc2C1c1cccs1. The highest BCUT2D eigenvalue weighted by Gasteiger charge is 2.35. The van der Waals surface area contributed by atoms with Crippen LogP contribution in [0.15, 0.2) is 29.0 Å². The summed E-state index contributed by atoms with van der Waals surface area (Å²) in [6, 6.07) is 5.97. The first kappa shape index (κ1) is 17.4. The van der Waals surface area contributed by atoms with Crippen LogP contribution in [0.5, 0.6) is 0 Å². The fourth-order valence-electron chi connectivity index (χ4n) is 2.97. The zero-order chi connectivity index (χ0) is 17.3. The number of nitrogens with zero attached hydrogens (tertiary/aromatic N) is 2. The van der Waals surface area contributed by atoms with Crippen molar-refractivity contribution in [2.45, 2.75) is 18.6 Å². The van der Waals surface area contributed by atoms with E-state index in [0.29, 0.717) is 6.54 Å². The van der Waals surface area contributed by atoms with Gasteiger partial charge in [-0.05, 0) is 34.9 Å². The number of amides is 1. The molecule has 0 spiro atoms. The van der Waals surface area contributed by atoms with Gasteiger partial charge in [-0.3, -0.25) is 9.69 Å². The Morgan fingerprint density at radius 3 is 2.79 bits per heavy atom. The molecule has 0 N–H and O–H groups in total. The number of halogens is 3. The molecule has 0 radical (unpaired) electrons. The summed E-state index contributed by atoms with van der Waals surface area (Å²) in [6.07, 6.45) is -3.55. The van der Waals surface area contributed by atoms with Gasteiger partial charge >= 0.3 is 6.18 Å². The summed E-state index contributed by atoms with van der Waals surface area (Å²) in [5.41, 5.74) is 1.17. The lowest BCUT2D eigenvalue weighted by molar-refractivity contribution is -0.159. The third-order valence-corrected chi connectivity index (χ3v) is 5.98. The normalized spacial score (nSPS) is 18.4. The molecule has 2 aromatic rings. The Labute approximate surface area is 146 Å². The summed E-state index contributed by atoms with van der Waals surface area (Å²) in [5.74, 6) is -0.507. The molecular formula is C16H17F3N2OS2. The van der Waals surface area contributed by atoms with Gasteiger partial charge in [0.25, 0.3) is 0 Å². The second-order valence-electron chi connectivity index (χ2n) is 5.80. The number of carbonyl (C=O) groups excluding carboxylic acids is 1. The molecule has 1 aliphatic heterocycles. The predicted molar refractivity (Wildman–Crippen MR) is 89.5 cm³/mol. The summed E-state index contributed by atoms with van der Waals surface area (Å²) >= 11 is 3.30. The summed E-state index contributed by atoms with van der Waals surface area (Å²) < 4.78 is 37.5. The Bertz CT molecular complexity index is 696. The number of hydrogen-bond acceptors (Lipinski definition) is 4. The molecule has 3 rings (SSSR count). The van der Waals surface area contributed by atoms with Crippen molar-refractivity contribution in [2.75, 3.05) is 26.7 Å². The van der Waals surface area contributed by atoms with E-state index in [-0.39, 0.29) is 12.6 Å². The van der Waals surface area contributed by atoms with Gasteiger partial charge in [0.2, 0.25) is 5.91 Å². The van der Waals surface area contributed by atoms with Crippen LogP contribution in [0.25, 0.3) is 0 Å². The third-order valence-electron chi connectivity index (χ3n) is 4.06. The van der Waals surface area contributed by atoms with E-state index in [9.17, 15) is 18.0 Å². The fraction of sp³-hybridized carbons (Fsp3) is 0.438. The van der Waals surface area contributed by atoms with Gasteiger partial charge in [0.05, 0.1) is 12.6 Å². The minimum absolute atomic E-state index is 0.00949. The highest BCUT2D eigenvalue weighted by Crippen LogP contribution is 2.39. The average molecular weight is 374 g/mol. The molecule has 0 aromatic carbocycles. The van der Waals surface area contributed by atoms with Gasteiger partial charge in [-0.15, -0.1) is 22.7 Å². The van der Waals surface area contributed by atoms with Crippen molar-refractivity contribution in [1.29, 1.82) is 0 Å². The average Bonchev–Trinajstić information content (AvgIpc) is 3.16. The molecule has 8 heteroatoms. The summed E-state index contributed by atoms with van der Waals surface area (Å²) in [4.78, 5) is 17.4. The van der Waals surface area contributed by atoms with Crippen LogP contribution in [-0.2, 0) is 11.2 Å². The Morgan fingerprint density at radius 1 is 1.33 bits per heavy atom. The maximum atomic E-state index is 12.5. The van der Waals surface area contributed by atoms with Gasteiger partial charge in [0.15, 0.2) is 0 Å². The van der Waals surface area contributed by atoms with Gasteiger partial charge in [-0.2, -0.15) is 13.2 Å². The second-order valence-corrected chi connectivity index (χ2v) is 7.78. The van der Waals surface area contributed by atoms with Crippen molar-refractivity contribution >= 4 is 28.6 Å². The lowest BCUT2D eigenvalue weighted by Crippen LogP contribution is -2.45. The molecule has 0 saturated carbocycles. The Hall–Kier alpha value is -1.38. The molecule has 0 bridgehead atoms. The van der Waals surface area contributed by atoms with Crippen LogP contribution in [-0.4, -0.2) is 48.6 Å². The first-order valence-corrected chi connectivity index (χ1v) is 9.25. The summed E-state index contributed by atoms with van der Waals surface area (Å²) in [6.45, 7) is -0.556. The summed E-state index contributed by atoms with van der Waals surface area (Å²) in [5, 5.41) is 4.01. The Morgan fingerprint density at radius 2 is 2.12 bits per heavy atom. The van der Waals surface area contributed by atoms with Crippen molar-refractivity contribution in [2.24, 2.45) is 0 Å². The molecule has 24 heavy (non-hydrogen) atoms. The van der Waals surface area contributed by atoms with Crippen molar-refractivity contribution in [1.82, 2.24) is 9.80 Å².